The maximum atomic E-state index is 12.6. The minimum Gasteiger partial charge on any atom is -0.376 e. The molecule has 0 aromatic heterocycles. The first-order valence-electron chi connectivity index (χ1n) is 11.0. The average Bonchev–Trinajstić information content (AvgIpc) is 2.79. The number of hydrogen-bond acceptors (Lipinski definition) is 3. The lowest BCUT2D eigenvalue weighted by atomic mass is 9.94. The lowest BCUT2D eigenvalue weighted by Crippen LogP contribution is -2.33. The van der Waals surface area contributed by atoms with Crippen LogP contribution in [0.1, 0.15) is 37.7 Å². The Morgan fingerprint density at radius 1 is 0.900 bits per heavy atom. The average molecular weight is 402 g/mol. The molecule has 4 heteroatoms. The number of carbonyl (C=O) groups is 1. The van der Waals surface area contributed by atoms with Crippen LogP contribution in [0.3, 0.4) is 0 Å². The summed E-state index contributed by atoms with van der Waals surface area (Å²) in [5.41, 5.74) is 3.13. The molecule has 4 nitrogen and oxygen atoms in total. The first kappa shape index (κ1) is 20.4. The molecule has 2 N–H and O–H groups in total. The number of nitrogens with zero attached hydrogens (tertiary/aromatic N) is 1. The molecule has 0 unspecified atom stereocenters. The summed E-state index contributed by atoms with van der Waals surface area (Å²) < 4.78 is 0. The molecule has 156 valence electrons. The number of benzene rings is 3. The normalized spacial score (nSPS) is 14.7. The van der Waals surface area contributed by atoms with Gasteiger partial charge in [-0.1, -0.05) is 73.9 Å². The molecule has 0 bridgehead atoms. The predicted octanol–water partition coefficient (Wildman–Crippen LogP) is 5.65. The third-order valence-corrected chi connectivity index (χ3v) is 6.14. The molecule has 0 radical (unpaired) electrons. The minimum atomic E-state index is -0.0400. The fourth-order valence-corrected chi connectivity index (χ4v) is 4.45. The van der Waals surface area contributed by atoms with Crippen LogP contribution in [-0.2, 0) is 11.3 Å². The highest BCUT2D eigenvalue weighted by molar-refractivity contribution is 6.03. The maximum Gasteiger partial charge on any atom is 0.243 e. The van der Waals surface area contributed by atoms with E-state index in [1.54, 1.807) is 0 Å². The Bertz CT molecular complexity index is 989. The summed E-state index contributed by atoms with van der Waals surface area (Å²) in [6, 6.07) is 23.1. The standard InChI is InChI=1S/C26H31N3O/c1-29(22-13-3-2-4-14-22)19-21-11-6-8-16-24(21)27-18-26(30)28-25-17-9-12-20-10-5-7-15-23(20)25/h5-12,15-17,22,27H,2-4,13-14,18-19H2,1H3,(H,28,30). The van der Waals surface area contributed by atoms with Crippen molar-refractivity contribution in [3.8, 4) is 0 Å². The van der Waals surface area contributed by atoms with Crippen molar-refractivity contribution in [2.45, 2.75) is 44.7 Å². The Morgan fingerprint density at radius 3 is 2.47 bits per heavy atom. The molecule has 4 rings (SSSR count). The molecular formula is C26H31N3O. The summed E-state index contributed by atoms with van der Waals surface area (Å²) in [4.78, 5) is 15.1. The number of hydrogen-bond donors (Lipinski definition) is 2. The Kier molecular flexibility index (Phi) is 6.65. The fraction of sp³-hybridized carbons (Fsp3) is 0.346. The third kappa shape index (κ3) is 5.00. The molecule has 1 amide bonds. The van der Waals surface area contributed by atoms with Crippen LogP contribution in [0.15, 0.2) is 66.7 Å². The van der Waals surface area contributed by atoms with Gasteiger partial charge < -0.3 is 10.6 Å². The highest BCUT2D eigenvalue weighted by Gasteiger charge is 2.19. The van der Waals surface area contributed by atoms with Gasteiger partial charge in [0.05, 0.1) is 6.54 Å². The van der Waals surface area contributed by atoms with Crippen LogP contribution in [0.2, 0.25) is 0 Å². The molecule has 0 spiro atoms. The zero-order valence-electron chi connectivity index (χ0n) is 17.7. The smallest absolute Gasteiger partial charge is 0.243 e. The highest BCUT2D eigenvalue weighted by Crippen LogP contribution is 2.25. The van der Waals surface area contributed by atoms with Gasteiger partial charge in [0, 0.05) is 29.3 Å². The number of amides is 1. The zero-order valence-corrected chi connectivity index (χ0v) is 17.7. The molecule has 3 aromatic rings. The van der Waals surface area contributed by atoms with E-state index in [0.29, 0.717) is 6.04 Å². The van der Waals surface area contributed by atoms with Gasteiger partial charge in [0.25, 0.3) is 0 Å². The number of carbonyl (C=O) groups excluding carboxylic acids is 1. The molecule has 3 aromatic carbocycles. The second kappa shape index (κ2) is 9.77. The molecule has 30 heavy (non-hydrogen) atoms. The monoisotopic (exact) mass is 401 g/mol. The molecular weight excluding hydrogens is 370 g/mol. The Balaban J connectivity index is 1.38. The van der Waals surface area contributed by atoms with Gasteiger partial charge in [-0.15, -0.1) is 0 Å². The van der Waals surface area contributed by atoms with E-state index in [9.17, 15) is 4.79 Å². The van der Waals surface area contributed by atoms with Crippen LogP contribution in [0, 0.1) is 0 Å². The van der Waals surface area contributed by atoms with Crippen LogP contribution in [-0.4, -0.2) is 30.4 Å². The quantitative estimate of drug-likeness (QED) is 0.537. The largest absolute Gasteiger partial charge is 0.376 e. The summed E-state index contributed by atoms with van der Waals surface area (Å²) in [5.74, 6) is -0.0400. The summed E-state index contributed by atoms with van der Waals surface area (Å²) in [5, 5.41) is 8.59. The third-order valence-electron chi connectivity index (χ3n) is 6.14. The van der Waals surface area contributed by atoms with Crippen molar-refractivity contribution in [2.75, 3.05) is 24.2 Å². The van der Waals surface area contributed by atoms with Gasteiger partial charge in [-0.3, -0.25) is 9.69 Å². The number of nitrogens with one attached hydrogen (secondary N) is 2. The minimum absolute atomic E-state index is 0.0400. The second-order valence-corrected chi connectivity index (χ2v) is 8.29. The summed E-state index contributed by atoms with van der Waals surface area (Å²) in [7, 11) is 2.22. The number of fused-ring (bicyclic) bond motifs is 1. The van der Waals surface area contributed by atoms with Gasteiger partial charge in [-0.2, -0.15) is 0 Å². The first-order chi connectivity index (χ1) is 14.7. The van der Waals surface area contributed by atoms with Crippen molar-refractivity contribution >= 4 is 28.1 Å². The van der Waals surface area contributed by atoms with Crippen LogP contribution >= 0.6 is 0 Å². The lowest BCUT2D eigenvalue weighted by molar-refractivity contribution is -0.114. The number of rotatable bonds is 7. The van der Waals surface area contributed by atoms with E-state index in [1.165, 1.54) is 37.7 Å². The predicted molar refractivity (Wildman–Crippen MR) is 126 cm³/mol. The summed E-state index contributed by atoms with van der Waals surface area (Å²) in [6.45, 7) is 1.14. The number of anilines is 2. The van der Waals surface area contributed by atoms with Crippen molar-refractivity contribution < 1.29 is 4.79 Å². The van der Waals surface area contributed by atoms with Crippen LogP contribution < -0.4 is 10.6 Å². The fourth-order valence-electron chi connectivity index (χ4n) is 4.45. The van der Waals surface area contributed by atoms with E-state index in [1.807, 2.05) is 36.4 Å². The first-order valence-corrected chi connectivity index (χ1v) is 11.0. The van der Waals surface area contributed by atoms with Crippen LogP contribution in [0.5, 0.6) is 0 Å². The highest BCUT2D eigenvalue weighted by atomic mass is 16.1. The Labute approximate surface area is 179 Å². The summed E-state index contributed by atoms with van der Waals surface area (Å²) in [6.07, 6.45) is 6.62. The lowest BCUT2D eigenvalue weighted by Gasteiger charge is -2.31. The van der Waals surface area contributed by atoms with E-state index in [-0.39, 0.29) is 12.5 Å². The van der Waals surface area contributed by atoms with Gasteiger partial charge in [0.1, 0.15) is 0 Å². The van der Waals surface area contributed by atoms with Crippen molar-refractivity contribution in [3.05, 3.63) is 72.3 Å². The van der Waals surface area contributed by atoms with E-state index in [2.05, 4.69) is 52.9 Å². The van der Waals surface area contributed by atoms with Gasteiger partial charge in [-0.25, -0.2) is 0 Å². The van der Waals surface area contributed by atoms with Gasteiger partial charge in [0.15, 0.2) is 0 Å². The molecule has 0 heterocycles. The van der Waals surface area contributed by atoms with E-state index >= 15 is 0 Å². The topological polar surface area (TPSA) is 44.4 Å². The molecule has 1 fully saturated rings. The SMILES string of the molecule is CN(Cc1ccccc1NCC(=O)Nc1cccc2ccccc12)C1CCCCC1. The van der Waals surface area contributed by atoms with Gasteiger partial charge in [0.2, 0.25) is 5.91 Å². The van der Waals surface area contributed by atoms with E-state index in [4.69, 9.17) is 0 Å². The Hall–Kier alpha value is -2.85. The van der Waals surface area contributed by atoms with Gasteiger partial charge >= 0.3 is 0 Å². The van der Waals surface area contributed by atoms with E-state index in [0.717, 1.165) is 28.7 Å². The van der Waals surface area contributed by atoms with Gasteiger partial charge in [-0.05, 0) is 43.0 Å². The van der Waals surface area contributed by atoms with E-state index < -0.39 is 0 Å². The molecule has 0 aliphatic heterocycles. The van der Waals surface area contributed by atoms with Crippen LogP contribution in [0.25, 0.3) is 10.8 Å². The molecule has 0 saturated heterocycles. The van der Waals surface area contributed by atoms with Crippen molar-refractivity contribution in [1.29, 1.82) is 0 Å². The molecule has 0 atom stereocenters. The maximum absolute atomic E-state index is 12.6. The van der Waals surface area contributed by atoms with Crippen LogP contribution in [0.4, 0.5) is 11.4 Å². The van der Waals surface area contributed by atoms with Crippen molar-refractivity contribution in [1.82, 2.24) is 4.90 Å². The van der Waals surface area contributed by atoms with Crippen molar-refractivity contribution in [2.24, 2.45) is 0 Å². The molecule has 1 saturated carbocycles. The molecule has 1 aliphatic carbocycles. The second-order valence-electron chi connectivity index (χ2n) is 8.29. The van der Waals surface area contributed by atoms with Crippen molar-refractivity contribution in [3.63, 3.8) is 0 Å². The number of para-hydroxylation sites is 1. The Morgan fingerprint density at radius 2 is 1.60 bits per heavy atom. The summed E-state index contributed by atoms with van der Waals surface area (Å²) >= 11 is 0. The zero-order chi connectivity index (χ0) is 20.8. The molecule has 1 aliphatic rings.